The summed E-state index contributed by atoms with van der Waals surface area (Å²) in [4.78, 5) is 24.7. The third-order valence-electron chi connectivity index (χ3n) is 8.93. The molecule has 4 fully saturated rings. The van der Waals surface area contributed by atoms with Crippen LogP contribution in [-0.2, 0) is 28.5 Å². The van der Waals surface area contributed by atoms with Crippen molar-refractivity contribution < 1.29 is 33.6 Å². The van der Waals surface area contributed by atoms with Crippen molar-refractivity contribution in [1.82, 2.24) is 0 Å². The summed E-state index contributed by atoms with van der Waals surface area (Å²) in [6.45, 7) is 9.97. The average molecular weight is 421 g/mol. The summed E-state index contributed by atoms with van der Waals surface area (Å²) in [6.07, 6.45) is 3.02. The van der Waals surface area contributed by atoms with Crippen LogP contribution in [0.15, 0.2) is 11.6 Å². The molecule has 0 aromatic heterocycles. The molecule has 2 spiro atoms. The van der Waals surface area contributed by atoms with Crippen LogP contribution < -0.4 is 0 Å². The summed E-state index contributed by atoms with van der Waals surface area (Å²) in [5.41, 5.74) is -2.28. The monoisotopic (exact) mass is 420 g/mol. The van der Waals surface area contributed by atoms with Crippen LogP contribution in [0, 0.1) is 17.3 Å². The van der Waals surface area contributed by atoms with Gasteiger partial charge in [0.2, 0.25) is 0 Å². The molecular weight excluding hydrogens is 388 g/mol. The van der Waals surface area contributed by atoms with Crippen molar-refractivity contribution in [3.63, 3.8) is 0 Å². The third kappa shape index (κ3) is 2.37. The molecule has 0 amide bonds. The molecule has 7 heteroatoms. The van der Waals surface area contributed by atoms with Crippen LogP contribution in [-0.4, -0.2) is 58.8 Å². The van der Waals surface area contributed by atoms with Gasteiger partial charge in [-0.3, -0.25) is 4.79 Å². The van der Waals surface area contributed by atoms with E-state index in [1.54, 1.807) is 6.92 Å². The standard InChI is InChI=1S/C23H32O7/c1-12-6-7-15(28-14(3)24)20(4)13(2)8-9-22(11-27-22)17(20)18(25)23-16(10-12)29-19(26)21(23,5)30-23/h10,13,15-18,25H,6-9,11H2,1-5H3/b12-10-/t13-,15-,16-,17+,18-,20+,21-,22+,23-/m1/s1. The fourth-order valence-electron chi connectivity index (χ4n) is 6.84. The largest absolute Gasteiger partial charge is 0.462 e. The SMILES string of the molecule is CC(=O)O[C@@H]1CC/C(C)=C\[C@H]2OC(=O)[C@@]3(C)O[C@@]23[C@H](O)[C@@H]2[C@]3(CC[C@@H](C)[C@]21C)CO3. The van der Waals surface area contributed by atoms with E-state index in [9.17, 15) is 14.7 Å². The average Bonchev–Trinajstić information content (AvgIpc) is 3.55. The Morgan fingerprint density at radius 3 is 2.60 bits per heavy atom. The highest BCUT2D eigenvalue weighted by Crippen LogP contribution is 2.68. The van der Waals surface area contributed by atoms with Gasteiger partial charge in [0.15, 0.2) is 17.3 Å². The van der Waals surface area contributed by atoms with Gasteiger partial charge in [-0.25, -0.2) is 4.79 Å². The Balaban J connectivity index is 1.68. The van der Waals surface area contributed by atoms with Crippen molar-refractivity contribution in [3.8, 4) is 0 Å². The Hall–Kier alpha value is -1.44. The van der Waals surface area contributed by atoms with E-state index in [-0.39, 0.29) is 23.9 Å². The van der Waals surface area contributed by atoms with E-state index in [4.69, 9.17) is 18.9 Å². The first kappa shape index (κ1) is 20.5. The number of carbonyl (C=O) groups excluding carboxylic acids is 2. The smallest absolute Gasteiger partial charge is 0.342 e. The number of hydrogen-bond donors (Lipinski definition) is 1. The molecular formula is C23H32O7. The van der Waals surface area contributed by atoms with Crippen molar-refractivity contribution >= 4 is 11.9 Å². The predicted molar refractivity (Wildman–Crippen MR) is 105 cm³/mol. The molecule has 1 saturated carbocycles. The topological polar surface area (TPSA) is 97.9 Å². The second-order valence-electron chi connectivity index (χ2n) is 10.5. The summed E-state index contributed by atoms with van der Waals surface area (Å²) in [5, 5.41) is 12.0. The van der Waals surface area contributed by atoms with Gasteiger partial charge in [-0.15, -0.1) is 0 Å². The molecule has 3 heterocycles. The van der Waals surface area contributed by atoms with Crippen molar-refractivity contribution in [2.45, 2.75) is 95.4 Å². The zero-order chi connectivity index (χ0) is 21.7. The molecule has 9 atom stereocenters. The number of hydrogen-bond acceptors (Lipinski definition) is 7. The number of esters is 2. The van der Waals surface area contributed by atoms with E-state index in [0.29, 0.717) is 19.4 Å². The number of aliphatic hydroxyl groups excluding tert-OH is 1. The molecule has 3 aliphatic heterocycles. The Kier molecular flexibility index (Phi) is 4.15. The van der Waals surface area contributed by atoms with E-state index < -0.39 is 40.4 Å². The molecule has 7 nitrogen and oxygen atoms in total. The van der Waals surface area contributed by atoms with Gasteiger partial charge in [0, 0.05) is 18.3 Å². The highest BCUT2D eigenvalue weighted by molar-refractivity contribution is 5.88. The van der Waals surface area contributed by atoms with Crippen LogP contribution >= 0.6 is 0 Å². The lowest BCUT2D eigenvalue weighted by Crippen LogP contribution is -2.63. The lowest BCUT2D eigenvalue weighted by atomic mass is 9.51. The van der Waals surface area contributed by atoms with E-state index in [0.717, 1.165) is 18.4 Å². The Labute approximate surface area is 177 Å². The fourth-order valence-corrected chi connectivity index (χ4v) is 6.84. The second-order valence-corrected chi connectivity index (χ2v) is 10.5. The predicted octanol–water partition coefficient (Wildman–Crippen LogP) is 2.29. The molecule has 0 aromatic carbocycles. The maximum absolute atomic E-state index is 12.7. The van der Waals surface area contributed by atoms with Crippen LogP contribution in [0.4, 0.5) is 0 Å². The van der Waals surface area contributed by atoms with Gasteiger partial charge in [-0.1, -0.05) is 19.4 Å². The van der Waals surface area contributed by atoms with Crippen LogP contribution in [0.2, 0.25) is 0 Å². The molecule has 0 bridgehead atoms. The zero-order valence-corrected chi connectivity index (χ0v) is 18.4. The summed E-state index contributed by atoms with van der Waals surface area (Å²) >= 11 is 0. The number of allylic oxidation sites excluding steroid dienone is 1. The molecule has 1 N–H and O–H groups in total. The summed E-state index contributed by atoms with van der Waals surface area (Å²) in [7, 11) is 0. The maximum Gasteiger partial charge on any atom is 0.342 e. The van der Waals surface area contributed by atoms with Crippen LogP contribution in [0.25, 0.3) is 0 Å². The highest BCUT2D eigenvalue weighted by atomic mass is 16.7. The van der Waals surface area contributed by atoms with Crippen molar-refractivity contribution in [2.75, 3.05) is 6.61 Å². The number of epoxide rings is 2. The zero-order valence-electron chi connectivity index (χ0n) is 18.4. The van der Waals surface area contributed by atoms with Crippen molar-refractivity contribution in [1.29, 1.82) is 0 Å². The van der Waals surface area contributed by atoms with Gasteiger partial charge in [-0.2, -0.15) is 0 Å². The van der Waals surface area contributed by atoms with Crippen molar-refractivity contribution in [2.24, 2.45) is 17.3 Å². The van der Waals surface area contributed by atoms with Crippen LogP contribution in [0.5, 0.6) is 0 Å². The lowest BCUT2D eigenvalue weighted by molar-refractivity contribution is -0.190. The van der Waals surface area contributed by atoms with Crippen LogP contribution in [0.3, 0.4) is 0 Å². The molecule has 0 radical (unpaired) electrons. The first-order valence-electron chi connectivity index (χ1n) is 11.1. The Bertz CT molecular complexity index is 831. The second kappa shape index (κ2) is 6.08. The van der Waals surface area contributed by atoms with E-state index in [2.05, 4.69) is 13.8 Å². The molecule has 0 unspecified atom stereocenters. The molecule has 5 rings (SSSR count). The minimum absolute atomic E-state index is 0.193. The van der Waals surface area contributed by atoms with E-state index in [1.165, 1.54) is 6.92 Å². The minimum Gasteiger partial charge on any atom is -0.462 e. The first-order valence-corrected chi connectivity index (χ1v) is 11.1. The number of aliphatic hydroxyl groups is 1. The van der Waals surface area contributed by atoms with Gasteiger partial charge in [-0.05, 0) is 51.5 Å². The molecule has 166 valence electrons. The summed E-state index contributed by atoms with van der Waals surface area (Å²) in [6, 6.07) is 0. The quantitative estimate of drug-likeness (QED) is 0.395. The number of ether oxygens (including phenoxy) is 4. The lowest BCUT2D eigenvalue weighted by Gasteiger charge is -2.55. The molecule has 5 aliphatic rings. The molecule has 0 aromatic rings. The van der Waals surface area contributed by atoms with Gasteiger partial charge in [0.05, 0.1) is 18.3 Å². The normalized spacial score (nSPS) is 56.0. The van der Waals surface area contributed by atoms with E-state index in [1.807, 2.05) is 13.0 Å². The van der Waals surface area contributed by atoms with Crippen LogP contribution in [0.1, 0.15) is 60.3 Å². The van der Waals surface area contributed by atoms with Gasteiger partial charge < -0.3 is 24.1 Å². The molecule has 2 aliphatic carbocycles. The highest BCUT2D eigenvalue weighted by Gasteiger charge is 2.87. The number of fused-ring (bicyclic) bond motifs is 2. The fraction of sp³-hybridized carbons (Fsp3) is 0.826. The maximum atomic E-state index is 12.7. The first-order chi connectivity index (χ1) is 14.0. The molecule has 30 heavy (non-hydrogen) atoms. The summed E-state index contributed by atoms with van der Waals surface area (Å²) < 4.78 is 23.7. The third-order valence-corrected chi connectivity index (χ3v) is 8.93. The Morgan fingerprint density at radius 1 is 1.30 bits per heavy atom. The summed E-state index contributed by atoms with van der Waals surface area (Å²) in [5.74, 6) is -0.899. The minimum atomic E-state index is -1.17. The molecule has 3 saturated heterocycles. The van der Waals surface area contributed by atoms with Gasteiger partial charge >= 0.3 is 11.9 Å². The van der Waals surface area contributed by atoms with Gasteiger partial charge in [0.25, 0.3) is 0 Å². The van der Waals surface area contributed by atoms with E-state index >= 15 is 0 Å². The van der Waals surface area contributed by atoms with Gasteiger partial charge in [0.1, 0.15) is 6.10 Å². The van der Waals surface area contributed by atoms with Crippen molar-refractivity contribution in [3.05, 3.63) is 11.6 Å². The Morgan fingerprint density at radius 2 is 2.00 bits per heavy atom. The number of carbonyl (C=O) groups is 2. The number of rotatable bonds is 1.